The summed E-state index contributed by atoms with van der Waals surface area (Å²) in [6, 6.07) is 2.41. The first kappa shape index (κ1) is 12.3. The predicted molar refractivity (Wildman–Crippen MR) is 55.5 cm³/mol. The Morgan fingerprint density at radius 3 is 2.27 bits per heavy atom. The Balaban J connectivity index is 3.52. The Morgan fingerprint density at radius 2 is 1.87 bits per heavy atom. The molecule has 1 rings (SSSR count). The Kier molecular flexibility index (Phi) is 3.56. The fourth-order valence-corrected chi connectivity index (χ4v) is 2.50. The van der Waals surface area contributed by atoms with Crippen molar-refractivity contribution in [1.29, 1.82) is 0 Å². The zero-order valence-electron chi connectivity index (χ0n) is 7.95. The van der Waals surface area contributed by atoms with E-state index in [-0.39, 0.29) is 10.2 Å². The molecular weight excluding hydrogens is 291 g/mol. The molecule has 0 radical (unpaired) electrons. The topological polar surface area (TPSA) is 52.6 Å². The monoisotopic (exact) mass is 298 g/mol. The lowest BCUT2D eigenvalue weighted by molar-refractivity contribution is 0.380. The maximum atomic E-state index is 12.8. The van der Waals surface area contributed by atoms with Crippen LogP contribution in [0.3, 0.4) is 0 Å². The van der Waals surface area contributed by atoms with Crippen LogP contribution in [0.5, 0.6) is 11.5 Å². The molecule has 0 atom stereocenters. The number of rotatable bonds is 3. The van der Waals surface area contributed by atoms with Crippen LogP contribution in [-0.4, -0.2) is 22.6 Å². The highest BCUT2D eigenvalue weighted by molar-refractivity contribution is 9.10. The molecule has 7 heteroatoms. The van der Waals surface area contributed by atoms with Crippen LogP contribution in [0.15, 0.2) is 21.5 Å². The number of hydrogen-bond acceptors (Lipinski definition) is 4. The van der Waals surface area contributed by atoms with Gasteiger partial charge in [-0.25, -0.2) is 0 Å². The molecule has 0 aromatic heterocycles. The Hall–Kier alpha value is -0.820. The second-order valence-electron chi connectivity index (χ2n) is 2.55. The summed E-state index contributed by atoms with van der Waals surface area (Å²) in [6.07, 6.45) is 0. The van der Waals surface area contributed by atoms with Crippen LogP contribution >= 0.6 is 15.9 Å². The highest BCUT2D eigenvalue weighted by Gasteiger charge is 2.22. The molecular formula is C8H8BrFO4S. The van der Waals surface area contributed by atoms with Gasteiger partial charge in [-0.05, 0) is 28.1 Å². The lowest BCUT2D eigenvalue weighted by atomic mass is 10.3. The fraction of sp³-hybridized carbons (Fsp3) is 0.250. The summed E-state index contributed by atoms with van der Waals surface area (Å²) in [6.45, 7) is 0. The maximum absolute atomic E-state index is 12.8. The Morgan fingerprint density at radius 1 is 1.27 bits per heavy atom. The third-order valence-corrected chi connectivity index (χ3v) is 3.31. The molecule has 0 fully saturated rings. The third-order valence-electron chi connectivity index (χ3n) is 1.71. The number of benzene rings is 1. The SMILES string of the molecule is COc1ccc(S(=O)(=O)F)c(OC)c1Br. The zero-order valence-corrected chi connectivity index (χ0v) is 10.4. The van der Waals surface area contributed by atoms with Crippen molar-refractivity contribution in [3.8, 4) is 11.5 Å². The molecule has 0 spiro atoms. The van der Waals surface area contributed by atoms with E-state index in [9.17, 15) is 12.3 Å². The molecule has 0 aliphatic rings. The van der Waals surface area contributed by atoms with Crippen molar-refractivity contribution in [2.24, 2.45) is 0 Å². The van der Waals surface area contributed by atoms with Crippen molar-refractivity contribution in [1.82, 2.24) is 0 Å². The van der Waals surface area contributed by atoms with E-state index in [1.807, 2.05) is 0 Å². The van der Waals surface area contributed by atoms with Gasteiger partial charge in [0.2, 0.25) is 0 Å². The van der Waals surface area contributed by atoms with Gasteiger partial charge in [0.05, 0.1) is 14.2 Å². The van der Waals surface area contributed by atoms with Gasteiger partial charge in [0.1, 0.15) is 15.1 Å². The lowest BCUT2D eigenvalue weighted by Gasteiger charge is -2.10. The second kappa shape index (κ2) is 4.36. The summed E-state index contributed by atoms with van der Waals surface area (Å²) in [5.74, 6) is 0.246. The van der Waals surface area contributed by atoms with E-state index in [4.69, 9.17) is 9.47 Å². The van der Waals surface area contributed by atoms with Crippen LogP contribution in [0.25, 0.3) is 0 Å². The van der Waals surface area contributed by atoms with Crippen molar-refractivity contribution in [3.63, 3.8) is 0 Å². The van der Waals surface area contributed by atoms with Gasteiger partial charge in [0.25, 0.3) is 0 Å². The molecule has 0 N–H and O–H groups in total. The van der Waals surface area contributed by atoms with E-state index in [0.29, 0.717) is 5.75 Å². The van der Waals surface area contributed by atoms with Crippen molar-refractivity contribution >= 4 is 26.2 Å². The van der Waals surface area contributed by atoms with Gasteiger partial charge >= 0.3 is 10.2 Å². The molecule has 0 saturated carbocycles. The molecule has 0 unspecified atom stereocenters. The molecule has 0 aliphatic heterocycles. The van der Waals surface area contributed by atoms with E-state index < -0.39 is 15.1 Å². The summed E-state index contributed by atoms with van der Waals surface area (Å²) in [5.41, 5.74) is 0. The minimum atomic E-state index is -4.80. The molecule has 4 nitrogen and oxygen atoms in total. The molecule has 84 valence electrons. The van der Waals surface area contributed by atoms with Crippen LogP contribution in [0, 0.1) is 0 Å². The quantitative estimate of drug-likeness (QED) is 0.802. The van der Waals surface area contributed by atoms with E-state index >= 15 is 0 Å². The minimum Gasteiger partial charge on any atom is -0.495 e. The predicted octanol–water partition coefficient (Wildman–Crippen LogP) is 2.12. The summed E-state index contributed by atoms with van der Waals surface area (Å²) in [5, 5.41) is 0. The van der Waals surface area contributed by atoms with Crippen molar-refractivity contribution in [2.75, 3.05) is 14.2 Å². The first-order valence-electron chi connectivity index (χ1n) is 3.77. The smallest absolute Gasteiger partial charge is 0.335 e. The number of ether oxygens (including phenoxy) is 2. The molecule has 15 heavy (non-hydrogen) atoms. The molecule has 0 heterocycles. The average Bonchev–Trinajstić information content (AvgIpc) is 2.15. The van der Waals surface area contributed by atoms with Crippen LogP contribution in [0.1, 0.15) is 0 Å². The standard InChI is InChI=1S/C8H8BrFO4S/c1-13-5-3-4-6(15(10,11)12)8(14-2)7(5)9/h3-4H,1-2H3. The number of methoxy groups -OCH3 is 2. The molecule has 0 aliphatic carbocycles. The van der Waals surface area contributed by atoms with Crippen LogP contribution in [-0.2, 0) is 10.2 Å². The highest BCUT2D eigenvalue weighted by Crippen LogP contribution is 2.39. The van der Waals surface area contributed by atoms with Crippen molar-refractivity contribution in [3.05, 3.63) is 16.6 Å². The normalized spacial score (nSPS) is 11.2. The van der Waals surface area contributed by atoms with Crippen LogP contribution < -0.4 is 9.47 Å². The molecule has 0 amide bonds. The van der Waals surface area contributed by atoms with Crippen molar-refractivity contribution < 1.29 is 21.8 Å². The van der Waals surface area contributed by atoms with Crippen LogP contribution in [0.2, 0.25) is 0 Å². The van der Waals surface area contributed by atoms with E-state index in [1.165, 1.54) is 20.3 Å². The van der Waals surface area contributed by atoms with Gasteiger partial charge in [0, 0.05) is 0 Å². The Labute approximate surface area is 95.3 Å². The summed E-state index contributed by atoms with van der Waals surface area (Å²) in [4.78, 5) is -0.530. The van der Waals surface area contributed by atoms with Gasteiger partial charge in [-0.1, -0.05) is 0 Å². The number of hydrogen-bond donors (Lipinski definition) is 0. The average molecular weight is 299 g/mol. The van der Waals surface area contributed by atoms with E-state index in [2.05, 4.69) is 15.9 Å². The van der Waals surface area contributed by atoms with Gasteiger partial charge in [-0.15, -0.1) is 3.89 Å². The number of halogens is 2. The van der Waals surface area contributed by atoms with Gasteiger partial charge in [-0.3, -0.25) is 0 Å². The van der Waals surface area contributed by atoms with Gasteiger partial charge < -0.3 is 9.47 Å². The summed E-state index contributed by atoms with van der Waals surface area (Å²) >= 11 is 3.06. The minimum absolute atomic E-state index is 0.114. The van der Waals surface area contributed by atoms with E-state index in [0.717, 1.165) is 6.07 Å². The second-order valence-corrected chi connectivity index (χ2v) is 4.66. The van der Waals surface area contributed by atoms with Gasteiger partial charge in [-0.2, -0.15) is 8.42 Å². The molecule has 0 bridgehead atoms. The summed E-state index contributed by atoms with van der Waals surface area (Å²) in [7, 11) is -2.15. The van der Waals surface area contributed by atoms with Crippen molar-refractivity contribution in [2.45, 2.75) is 4.90 Å². The zero-order chi connectivity index (χ0) is 11.6. The first-order chi connectivity index (χ1) is 6.91. The fourth-order valence-electron chi connectivity index (χ4n) is 1.06. The largest absolute Gasteiger partial charge is 0.495 e. The van der Waals surface area contributed by atoms with Crippen LogP contribution in [0.4, 0.5) is 3.89 Å². The van der Waals surface area contributed by atoms with E-state index in [1.54, 1.807) is 0 Å². The molecule has 1 aromatic rings. The highest BCUT2D eigenvalue weighted by atomic mass is 79.9. The molecule has 1 aromatic carbocycles. The summed E-state index contributed by atoms with van der Waals surface area (Å²) < 4.78 is 44.3. The lowest BCUT2D eigenvalue weighted by Crippen LogP contribution is -1.99. The Bertz CT molecular complexity index is 472. The third kappa shape index (κ3) is 2.40. The van der Waals surface area contributed by atoms with Gasteiger partial charge in [0.15, 0.2) is 5.75 Å². The maximum Gasteiger partial charge on any atom is 0.335 e. The first-order valence-corrected chi connectivity index (χ1v) is 5.94. The molecule has 0 saturated heterocycles.